The summed E-state index contributed by atoms with van der Waals surface area (Å²) >= 11 is 0. The van der Waals surface area contributed by atoms with E-state index in [1.807, 2.05) is 39.8 Å². The fourth-order valence-electron chi connectivity index (χ4n) is 3.19. The number of amides is 2. The Balaban J connectivity index is 1.94. The van der Waals surface area contributed by atoms with Gasteiger partial charge in [-0.3, -0.25) is 25.2 Å². The highest BCUT2D eigenvalue weighted by molar-refractivity contribution is 5.88. The van der Waals surface area contributed by atoms with Crippen LogP contribution in [-0.2, 0) is 14.4 Å². The molecule has 152 valence electrons. The largest absolute Gasteiger partial charge is 0.481 e. The van der Waals surface area contributed by atoms with Gasteiger partial charge in [0, 0.05) is 0 Å². The van der Waals surface area contributed by atoms with Crippen molar-refractivity contribution in [1.82, 2.24) is 10.9 Å². The van der Waals surface area contributed by atoms with E-state index in [1.165, 1.54) is 0 Å². The smallest absolute Gasteiger partial charge is 0.307 e. The summed E-state index contributed by atoms with van der Waals surface area (Å²) in [5.41, 5.74) is 8.87. The molecule has 0 aromatic heterocycles. The molecule has 0 saturated heterocycles. The first-order valence-electron chi connectivity index (χ1n) is 9.31. The van der Waals surface area contributed by atoms with Crippen LogP contribution in [-0.4, -0.2) is 29.0 Å². The normalized spacial score (nSPS) is 20.3. The van der Waals surface area contributed by atoms with Crippen LogP contribution in [0.1, 0.15) is 44.7 Å². The lowest BCUT2D eigenvalue weighted by Gasteiger charge is -2.29. The van der Waals surface area contributed by atoms with Crippen LogP contribution in [0.4, 0.5) is 0 Å². The zero-order valence-electron chi connectivity index (χ0n) is 17.0. The average molecular weight is 388 g/mol. The monoisotopic (exact) mass is 388 g/mol. The second kappa shape index (κ2) is 8.91. The number of aliphatic carboxylic acids is 1. The molecule has 1 aromatic rings. The number of carboxylic acids is 1. The summed E-state index contributed by atoms with van der Waals surface area (Å²) in [7, 11) is 0. The number of carbonyl (C=O) groups excluding carboxylic acids is 2. The third-order valence-electron chi connectivity index (χ3n) is 5.39. The van der Waals surface area contributed by atoms with Crippen LogP contribution in [0.15, 0.2) is 29.3 Å². The van der Waals surface area contributed by atoms with Gasteiger partial charge in [-0.15, -0.1) is 0 Å². The molecule has 0 spiro atoms. The summed E-state index contributed by atoms with van der Waals surface area (Å²) in [6, 6.07) is 5.53. The van der Waals surface area contributed by atoms with Crippen molar-refractivity contribution >= 4 is 17.8 Å². The van der Waals surface area contributed by atoms with Crippen molar-refractivity contribution in [2.75, 3.05) is 0 Å². The van der Waals surface area contributed by atoms with Crippen LogP contribution in [0.25, 0.3) is 0 Å². The molecule has 0 heterocycles. The van der Waals surface area contributed by atoms with E-state index in [9.17, 15) is 19.5 Å². The maximum Gasteiger partial charge on any atom is 0.307 e. The first kappa shape index (κ1) is 21.5. The molecule has 0 radical (unpaired) electrons. The quantitative estimate of drug-likeness (QED) is 0.531. The van der Waals surface area contributed by atoms with Crippen molar-refractivity contribution in [2.24, 2.45) is 11.8 Å². The molecule has 2 rings (SSSR count). The third-order valence-corrected chi connectivity index (χ3v) is 5.39. The fraction of sp³-hybridized carbons (Fsp3) is 0.476. The van der Waals surface area contributed by atoms with E-state index in [0.717, 1.165) is 22.3 Å². The van der Waals surface area contributed by atoms with Crippen LogP contribution >= 0.6 is 0 Å². The van der Waals surface area contributed by atoms with Gasteiger partial charge < -0.3 is 9.84 Å². The zero-order chi connectivity index (χ0) is 21.0. The van der Waals surface area contributed by atoms with Gasteiger partial charge in [0.05, 0.1) is 11.8 Å². The molecule has 3 atom stereocenters. The van der Waals surface area contributed by atoms with Crippen molar-refractivity contribution < 1.29 is 24.2 Å². The average Bonchev–Trinajstić information content (AvgIpc) is 2.64. The first-order chi connectivity index (χ1) is 13.1. The molecule has 1 aliphatic rings. The van der Waals surface area contributed by atoms with Gasteiger partial charge in [0.15, 0.2) is 6.10 Å². The van der Waals surface area contributed by atoms with E-state index in [-0.39, 0.29) is 0 Å². The number of aryl methyl sites for hydroxylation is 2. The van der Waals surface area contributed by atoms with Crippen LogP contribution in [0.3, 0.4) is 0 Å². The zero-order valence-corrected chi connectivity index (χ0v) is 17.0. The Morgan fingerprint density at radius 2 is 1.61 bits per heavy atom. The molecule has 0 unspecified atom stereocenters. The summed E-state index contributed by atoms with van der Waals surface area (Å²) < 4.78 is 5.62. The van der Waals surface area contributed by atoms with Crippen molar-refractivity contribution in [3.8, 4) is 5.75 Å². The van der Waals surface area contributed by atoms with E-state index < -0.39 is 35.7 Å². The first-order valence-corrected chi connectivity index (χ1v) is 9.31. The molecule has 2 amide bonds. The molecule has 3 N–H and O–H groups in total. The molecular formula is C21H28N2O5. The van der Waals surface area contributed by atoms with Gasteiger partial charge in [0.2, 0.25) is 5.91 Å². The lowest BCUT2D eigenvalue weighted by atomic mass is 9.76. The van der Waals surface area contributed by atoms with E-state index in [1.54, 1.807) is 13.0 Å². The minimum Gasteiger partial charge on any atom is -0.481 e. The highest BCUT2D eigenvalue weighted by atomic mass is 16.5. The predicted molar refractivity (Wildman–Crippen MR) is 105 cm³/mol. The second-order valence-electron chi connectivity index (χ2n) is 7.50. The Labute approximate surface area is 165 Å². The molecule has 1 aromatic carbocycles. The van der Waals surface area contributed by atoms with Crippen LogP contribution in [0, 0.1) is 25.7 Å². The minimum atomic E-state index is -1.01. The van der Waals surface area contributed by atoms with Crippen molar-refractivity contribution in [2.45, 2.75) is 53.6 Å². The highest BCUT2D eigenvalue weighted by Gasteiger charge is 2.37. The van der Waals surface area contributed by atoms with Crippen molar-refractivity contribution in [3.05, 3.63) is 40.5 Å². The Morgan fingerprint density at radius 1 is 1.00 bits per heavy atom. The molecule has 0 fully saturated rings. The summed E-state index contributed by atoms with van der Waals surface area (Å²) in [5, 5.41) is 9.42. The number of rotatable bonds is 5. The molecule has 0 bridgehead atoms. The number of ether oxygens (including phenoxy) is 1. The van der Waals surface area contributed by atoms with Crippen molar-refractivity contribution in [3.63, 3.8) is 0 Å². The van der Waals surface area contributed by atoms with Crippen LogP contribution in [0.5, 0.6) is 5.75 Å². The van der Waals surface area contributed by atoms with Crippen LogP contribution < -0.4 is 15.6 Å². The lowest BCUT2D eigenvalue weighted by molar-refractivity contribution is -0.148. The molecule has 7 heteroatoms. The molecular weight excluding hydrogens is 360 g/mol. The number of hydrogen-bond donors (Lipinski definition) is 3. The maximum atomic E-state index is 12.5. The van der Waals surface area contributed by atoms with Crippen molar-refractivity contribution in [1.29, 1.82) is 0 Å². The third kappa shape index (κ3) is 5.12. The van der Waals surface area contributed by atoms with E-state index >= 15 is 0 Å². The minimum absolute atomic E-state index is 0.333. The lowest BCUT2D eigenvalue weighted by Crippen LogP contribution is -2.51. The van der Waals surface area contributed by atoms with Crippen LogP contribution in [0.2, 0.25) is 0 Å². The van der Waals surface area contributed by atoms with Gasteiger partial charge in [-0.1, -0.05) is 17.2 Å². The number of carboxylic acid groups (broad SMARTS) is 1. The summed E-state index contributed by atoms with van der Waals surface area (Å²) in [6.07, 6.45) is -0.133. The highest BCUT2D eigenvalue weighted by Crippen LogP contribution is 2.34. The second-order valence-corrected chi connectivity index (χ2v) is 7.50. The standard InChI is InChI=1S/C21H28N2O5/c1-11-6-7-16(8-12(11)2)28-15(5)19(24)22-23-20(25)17-9-13(3)14(4)10-18(17)21(26)27/h6-8,15,17-18H,9-10H2,1-5H3,(H,22,24)(H,23,25)(H,26,27)/t15-,17+,18-/m1/s1. The Kier molecular flexibility index (Phi) is 6.83. The Morgan fingerprint density at radius 3 is 2.18 bits per heavy atom. The van der Waals surface area contributed by atoms with Gasteiger partial charge in [0.1, 0.15) is 5.75 Å². The van der Waals surface area contributed by atoms with Gasteiger partial charge >= 0.3 is 5.97 Å². The molecule has 28 heavy (non-hydrogen) atoms. The van der Waals surface area contributed by atoms with E-state index in [2.05, 4.69) is 10.9 Å². The summed E-state index contributed by atoms with van der Waals surface area (Å²) in [5.74, 6) is -3.00. The fourth-order valence-corrected chi connectivity index (χ4v) is 3.19. The SMILES string of the molecule is CC1=C(C)C[C@@H](C(=O)O)[C@@H](C(=O)NNC(=O)[C@@H](C)Oc2ccc(C)c(C)c2)C1. The number of benzene rings is 1. The topological polar surface area (TPSA) is 105 Å². The van der Waals surface area contributed by atoms with Gasteiger partial charge in [-0.2, -0.15) is 0 Å². The summed E-state index contributed by atoms with van der Waals surface area (Å²) in [4.78, 5) is 36.2. The number of hydrogen-bond acceptors (Lipinski definition) is 4. The molecule has 1 aliphatic carbocycles. The number of hydrazine groups is 1. The van der Waals surface area contributed by atoms with E-state index in [0.29, 0.717) is 18.6 Å². The Hall–Kier alpha value is -2.83. The van der Waals surface area contributed by atoms with E-state index in [4.69, 9.17) is 4.74 Å². The predicted octanol–water partition coefficient (Wildman–Crippen LogP) is 2.67. The van der Waals surface area contributed by atoms with Gasteiger partial charge in [-0.05, 0) is 70.7 Å². The van der Waals surface area contributed by atoms with Gasteiger partial charge in [0.25, 0.3) is 5.91 Å². The number of carbonyl (C=O) groups is 3. The number of nitrogens with one attached hydrogen (secondary N) is 2. The molecule has 0 aliphatic heterocycles. The summed E-state index contributed by atoms with van der Waals surface area (Å²) in [6.45, 7) is 9.29. The maximum absolute atomic E-state index is 12.5. The van der Waals surface area contributed by atoms with Gasteiger partial charge in [-0.25, -0.2) is 0 Å². The molecule has 0 saturated carbocycles. The number of allylic oxidation sites excluding steroid dienone is 2. The molecule has 7 nitrogen and oxygen atoms in total. The Bertz CT molecular complexity index is 815.